The Labute approximate surface area is 112 Å². The summed E-state index contributed by atoms with van der Waals surface area (Å²) in [5, 5.41) is 19.0. The Morgan fingerprint density at radius 1 is 0.941 bits per heavy atom. The van der Waals surface area contributed by atoms with E-state index >= 15 is 0 Å². The molecule has 2 N–H and O–H groups in total. The first-order valence-electron chi connectivity index (χ1n) is 5.54. The summed E-state index contributed by atoms with van der Waals surface area (Å²) >= 11 is 11.8. The van der Waals surface area contributed by atoms with Gasteiger partial charge in [0.05, 0.1) is 6.61 Å². The van der Waals surface area contributed by atoms with Crippen LogP contribution in [0, 0.1) is 0 Å². The van der Waals surface area contributed by atoms with Crippen molar-refractivity contribution >= 4 is 23.2 Å². The highest BCUT2D eigenvalue weighted by molar-refractivity contribution is 6.34. The average Bonchev–Trinajstić information content (AvgIpc) is 2.24. The second kappa shape index (κ2) is 7.90. The molecule has 17 heavy (non-hydrogen) atoms. The molecule has 0 atom stereocenters. The molecule has 0 bridgehead atoms. The summed E-state index contributed by atoms with van der Waals surface area (Å²) in [5.41, 5.74) is 1.01. The molecular formula is C12H17Cl2NO2. The average molecular weight is 278 g/mol. The van der Waals surface area contributed by atoms with E-state index in [1.807, 2.05) is 12.1 Å². The number of aliphatic hydroxyl groups excluding tert-OH is 2. The third kappa shape index (κ3) is 5.70. The zero-order valence-electron chi connectivity index (χ0n) is 9.57. The summed E-state index contributed by atoms with van der Waals surface area (Å²) in [6.07, 6.45) is 0.689. The van der Waals surface area contributed by atoms with Crippen LogP contribution in [0.1, 0.15) is 12.0 Å². The van der Waals surface area contributed by atoms with E-state index in [4.69, 9.17) is 33.4 Å². The second-order valence-corrected chi connectivity index (χ2v) is 4.73. The SMILES string of the molecule is OCCCN(CCO)Cc1cc(Cl)cc(Cl)c1. The molecule has 1 aromatic carbocycles. The molecule has 0 fully saturated rings. The minimum Gasteiger partial charge on any atom is -0.396 e. The van der Waals surface area contributed by atoms with E-state index in [0.717, 1.165) is 12.1 Å². The fourth-order valence-electron chi connectivity index (χ4n) is 1.67. The van der Waals surface area contributed by atoms with Crippen LogP contribution < -0.4 is 0 Å². The molecule has 96 valence electrons. The van der Waals surface area contributed by atoms with Gasteiger partial charge in [0.2, 0.25) is 0 Å². The van der Waals surface area contributed by atoms with E-state index in [2.05, 4.69) is 4.90 Å². The number of benzene rings is 1. The topological polar surface area (TPSA) is 43.7 Å². The van der Waals surface area contributed by atoms with Crippen molar-refractivity contribution in [2.75, 3.05) is 26.3 Å². The van der Waals surface area contributed by atoms with Gasteiger partial charge in [-0.1, -0.05) is 23.2 Å². The standard InChI is InChI=1S/C12H17Cl2NO2/c13-11-6-10(7-12(14)8-11)9-15(3-5-17)2-1-4-16/h6-8,16-17H,1-5,9H2. The van der Waals surface area contributed by atoms with E-state index in [9.17, 15) is 0 Å². The molecule has 3 nitrogen and oxygen atoms in total. The molecule has 0 unspecified atom stereocenters. The predicted molar refractivity (Wildman–Crippen MR) is 70.5 cm³/mol. The molecule has 0 amide bonds. The van der Waals surface area contributed by atoms with Gasteiger partial charge in [0.25, 0.3) is 0 Å². The monoisotopic (exact) mass is 277 g/mol. The summed E-state index contributed by atoms with van der Waals surface area (Å²) in [6.45, 7) is 2.23. The van der Waals surface area contributed by atoms with Gasteiger partial charge in [0.1, 0.15) is 0 Å². The van der Waals surface area contributed by atoms with Crippen molar-refractivity contribution in [2.45, 2.75) is 13.0 Å². The maximum Gasteiger partial charge on any atom is 0.0558 e. The van der Waals surface area contributed by atoms with Gasteiger partial charge in [-0.15, -0.1) is 0 Å². The number of rotatable bonds is 7. The lowest BCUT2D eigenvalue weighted by Crippen LogP contribution is -2.28. The van der Waals surface area contributed by atoms with E-state index in [0.29, 0.717) is 29.6 Å². The summed E-state index contributed by atoms with van der Waals surface area (Å²) in [6, 6.07) is 5.41. The van der Waals surface area contributed by atoms with Crippen molar-refractivity contribution in [3.63, 3.8) is 0 Å². The number of halogens is 2. The summed E-state index contributed by atoms with van der Waals surface area (Å²) in [5.74, 6) is 0. The fourth-order valence-corrected chi connectivity index (χ4v) is 2.24. The maximum atomic E-state index is 8.97. The van der Waals surface area contributed by atoms with Gasteiger partial charge in [0, 0.05) is 36.3 Å². The van der Waals surface area contributed by atoms with Crippen LogP contribution in [0.25, 0.3) is 0 Å². The first kappa shape index (κ1) is 14.7. The quantitative estimate of drug-likeness (QED) is 0.803. The maximum absolute atomic E-state index is 8.97. The lowest BCUT2D eigenvalue weighted by molar-refractivity contribution is 0.174. The van der Waals surface area contributed by atoms with Gasteiger partial charge in [-0.25, -0.2) is 0 Å². The number of nitrogens with zero attached hydrogens (tertiary/aromatic N) is 1. The zero-order valence-corrected chi connectivity index (χ0v) is 11.1. The molecule has 0 aliphatic carbocycles. The van der Waals surface area contributed by atoms with Crippen molar-refractivity contribution in [3.8, 4) is 0 Å². The lowest BCUT2D eigenvalue weighted by Gasteiger charge is -2.21. The third-order valence-corrected chi connectivity index (χ3v) is 2.81. The van der Waals surface area contributed by atoms with Crippen molar-refractivity contribution < 1.29 is 10.2 Å². The Bertz CT molecular complexity index is 327. The van der Waals surface area contributed by atoms with Crippen molar-refractivity contribution in [3.05, 3.63) is 33.8 Å². The Balaban J connectivity index is 2.63. The normalized spacial score (nSPS) is 11.1. The largest absolute Gasteiger partial charge is 0.396 e. The van der Waals surface area contributed by atoms with Gasteiger partial charge >= 0.3 is 0 Å². The number of aliphatic hydroxyl groups is 2. The second-order valence-electron chi connectivity index (χ2n) is 3.85. The molecule has 0 aliphatic heterocycles. The van der Waals surface area contributed by atoms with Crippen LogP contribution in [-0.4, -0.2) is 41.4 Å². The van der Waals surface area contributed by atoms with Crippen LogP contribution >= 0.6 is 23.2 Å². The molecule has 0 aliphatic rings. The van der Waals surface area contributed by atoms with Crippen LogP contribution in [0.15, 0.2) is 18.2 Å². The van der Waals surface area contributed by atoms with Gasteiger partial charge < -0.3 is 10.2 Å². The van der Waals surface area contributed by atoms with Gasteiger partial charge in [-0.05, 0) is 30.2 Å². The summed E-state index contributed by atoms with van der Waals surface area (Å²) in [4.78, 5) is 2.05. The molecule has 0 heterocycles. The molecule has 0 saturated carbocycles. The first-order chi connectivity index (χ1) is 8.15. The minimum atomic E-state index is 0.0970. The smallest absolute Gasteiger partial charge is 0.0558 e. The zero-order chi connectivity index (χ0) is 12.7. The Kier molecular flexibility index (Phi) is 6.85. The highest BCUT2D eigenvalue weighted by Crippen LogP contribution is 2.20. The molecule has 0 spiro atoms. The van der Waals surface area contributed by atoms with Gasteiger partial charge in [-0.3, -0.25) is 4.90 Å². The predicted octanol–water partition coefficient (Wildman–Crippen LogP) is 2.17. The van der Waals surface area contributed by atoms with Crippen LogP contribution in [-0.2, 0) is 6.54 Å². The van der Waals surface area contributed by atoms with Crippen LogP contribution in [0.4, 0.5) is 0 Å². The van der Waals surface area contributed by atoms with Crippen LogP contribution in [0.5, 0.6) is 0 Å². The molecular weight excluding hydrogens is 261 g/mol. The minimum absolute atomic E-state index is 0.0970. The molecule has 0 saturated heterocycles. The fraction of sp³-hybridized carbons (Fsp3) is 0.500. The summed E-state index contributed by atoms with van der Waals surface area (Å²) < 4.78 is 0. The first-order valence-corrected chi connectivity index (χ1v) is 6.30. The molecule has 0 aromatic heterocycles. The molecule has 0 radical (unpaired) electrons. The Hall–Kier alpha value is -0.320. The number of hydrogen-bond donors (Lipinski definition) is 2. The van der Waals surface area contributed by atoms with Gasteiger partial charge in [-0.2, -0.15) is 0 Å². The molecule has 1 aromatic rings. The Morgan fingerprint density at radius 3 is 2.12 bits per heavy atom. The van der Waals surface area contributed by atoms with E-state index < -0.39 is 0 Å². The molecule has 1 rings (SSSR count). The highest BCUT2D eigenvalue weighted by atomic mass is 35.5. The lowest BCUT2D eigenvalue weighted by atomic mass is 10.2. The van der Waals surface area contributed by atoms with Crippen molar-refractivity contribution in [1.29, 1.82) is 0 Å². The Morgan fingerprint density at radius 2 is 1.59 bits per heavy atom. The van der Waals surface area contributed by atoms with E-state index in [-0.39, 0.29) is 13.2 Å². The van der Waals surface area contributed by atoms with E-state index in [1.165, 1.54) is 0 Å². The molecule has 5 heteroatoms. The number of hydrogen-bond acceptors (Lipinski definition) is 3. The van der Waals surface area contributed by atoms with E-state index in [1.54, 1.807) is 6.07 Å². The van der Waals surface area contributed by atoms with Crippen LogP contribution in [0.3, 0.4) is 0 Å². The van der Waals surface area contributed by atoms with Crippen molar-refractivity contribution in [1.82, 2.24) is 4.90 Å². The highest BCUT2D eigenvalue weighted by Gasteiger charge is 2.06. The van der Waals surface area contributed by atoms with Crippen molar-refractivity contribution in [2.24, 2.45) is 0 Å². The third-order valence-electron chi connectivity index (χ3n) is 2.38. The van der Waals surface area contributed by atoms with Crippen LogP contribution in [0.2, 0.25) is 10.0 Å². The van der Waals surface area contributed by atoms with Gasteiger partial charge in [0.15, 0.2) is 0 Å². The summed E-state index contributed by atoms with van der Waals surface area (Å²) in [7, 11) is 0.